The van der Waals surface area contributed by atoms with Crippen LogP contribution in [-0.2, 0) is 4.79 Å². The molecule has 0 aromatic carbocycles. The van der Waals surface area contributed by atoms with Gasteiger partial charge in [0.1, 0.15) is 0 Å². The number of rotatable bonds is 2. The molecule has 0 bridgehead atoms. The number of nitrogens with zero attached hydrogens (tertiary/aromatic N) is 1. The molecule has 0 atom stereocenters. The lowest BCUT2D eigenvalue weighted by Gasteiger charge is -2.52. The number of hydrogen-bond donors (Lipinski definition) is 1. The molecular formula is C10H17NO2. The fraction of sp³-hybridized carbons (Fsp3) is 0.900. The lowest BCUT2D eigenvalue weighted by Crippen LogP contribution is -2.58. The Bertz CT molecular complexity index is 201. The fourth-order valence-electron chi connectivity index (χ4n) is 2.82. The van der Waals surface area contributed by atoms with E-state index in [0.29, 0.717) is 5.41 Å². The lowest BCUT2D eigenvalue weighted by molar-refractivity contribution is -0.142. The molecule has 0 aromatic heterocycles. The van der Waals surface area contributed by atoms with Crippen molar-refractivity contribution < 1.29 is 9.90 Å². The second kappa shape index (κ2) is 3.29. The molecule has 0 radical (unpaired) electrons. The molecule has 1 saturated heterocycles. The Morgan fingerprint density at radius 2 is 1.85 bits per heavy atom. The van der Waals surface area contributed by atoms with E-state index < -0.39 is 5.97 Å². The van der Waals surface area contributed by atoms with E-state index in [1.54, 1.807) is 0 Å². The molecule has 2 rings (SSSR count). The molecule has 74 valence electrons. The molecule has 1 heterocycles. The molecule has 1 saturated carbocycles. The Balaban J connectivity index is 1.78. The monoisotopic (exact) mass is 183 g/mol. The van der Waals surface area contributed by atoms with Crippen LogP contribution in [0.4, 0.5) is 0 Å². The van der Waals surface area contributed by atoms with Gasteiger partial charge in [0, 0.05) is 13.1 Å². The first kappa shape index (κ1) is 9.00. The first-order chi connectivity index (χ1) is 6.20. The van der Waals surface area contributed by atoms with Crippen LogP contribution in [0.3, 0.4) is 0 Å². The molecule has 3 nitrogen and oxygen atoms in total. The van der Waals surface area contributed by atoms with E-state index in [0.717, 1.165) is 13.1 Å². The van der Waals surface area contributed by atoms with E-state index in [9.17, 15) is 4.79 Å². The highest BCUT2D eigenvalue weighted by molar-refractivity contribution is 5.69. The van der Waals surface area contributed by atoms with E-state index in [-0.39, 0.29) is 6.54 Å². The second-order valence-corrected chi connectivity index (χ2v) is 4.60. The molecule has 13 heavy (non-hydrogen) atoms. The van der Waals surface area contributed by atoms with Gasteiger partial charge in [-0.15, -0.1) is 0 Å². The average Bonchev–Trinajstić information content (AvgIpc) is 2.02. The summed E-state index contributed by atoms with van der Waals surface area (Å²) in [5, 5.41) is 8.59. The number of aliphatic carboxylic acids is 1. The first-order valence-electron chi connectivity index (χ1n) is 5.14. The van der Waals surface area contributed by atoms with Gasteiger partial charge in [0.2, 0.25) is 0 Å². The molecule has 0 amide bonds. The van der Waals surface area contributed by atoms with E-state index in [4.69, 9.17) is 5.11 Å². The number of carboxylic acid groups (broad SMARTS) is 1. The van der Waals surface area contributed by atoms with Crippen LogP contribution in [0.5, 0.6) is 0 Å². The third-order valence-electron chi connectivity index (χ3n) is 3.39. The molecule has 1 spiro atoms. The molecule has 2 aliphatic rings. The van der Waals surface area contributed by atoms with Gasteiger partial charge in [-0.3, -0.25) is 9.69 Å². The molecule has 1 aliphatic heterocycles. The van der Waals surface area contributed by atoms with Crippen LogP contribution in [0.2, 0.25) is 0 Å². The predicted octanol–water partition coefficient (Wildman–Crippen LogP) is 1.34. The number of hydrogen-bond acceptors (Lipinski definition) is 2. The largest absolute Gasteiger partial charge is 0.480 e. The molecule has 1 N–H and O–H groups in total. The predicted molar refractivity (Wildman–Crippen MR) is 49.6 cm³/mol. The third-order valence-corrected chi connectivity index (χ3v) is 3.39. The summed E-state index contributed by atoms with van der Waals surface area (Å²) in [7, 11) is 0. The standard InChI is InChI=1S/C10H17NO2/c12-9(13)6-11-7-10(8-11)4-2-1-3-5-10/h1-8H2,(H,12,13). The van der Waals surface area contributed by atoms with Crippen molar-refractivity contribution in [2.45, 2.75) is 32.1 Å². The molecule has 0 unspecified atom stereocenters. The van der Waals surface area contributed by atoms with Crippen LogP contribution in [-0.4, -0.2) is 35.6 Å². The Hall–Kier alpha value is -0.570. The van der Waals surface area contributed by atoms with Crippen LogP contribution in [0, 0.1) is 5.41 Å². The van der Waals surface area contributed by atoms with E-state index >= 15 is 0 Å². The zero-order chi connectivity index (χ0) is 9.31. The van der Waals surface area contributed by atoms with Gasteiger partial charge >= 0.3 is 5.97 Å². The van der Waals surface area contributed by atoms with Gasteiger partial charge in [0.05, 0.1) is 6.54 Å². The van der Waals surface area contributed by atoms with Gasteiger partial charge < -0.3 is 5.11 Å². The number of carboxylic acids is 1. The van der Waals surface area contributed by atoms with E-state index in [1.807, 2.05) is 4.90 Å². The van der Waals surface area contributed by atoms with Gasteiger partial charge in [-0.05, 0) is 18.3 Å². The maximum absolute atomic E-state index is 10.4. The summed E-state index contributed by atoms with van der Waals surface area (Å²) in [4.78, 5) is 12.5. The Morgan fingerprint density at radius 1 is 1.23 bits per heavy atom. The molecule has 0 aromatic rings. The van der Waals surface area contributed by atoms with Gasteiger partial charge in [-0.25, -0.2) is 0 Å². The molecule has 2 fully saturated rings. The topological polar surface area (TPSA) is 40.5 Å². The molecule has 3 heteroatoms. The third kappa shape index (κ3) is 1.85. The van der Waals surface area contributed by atoms with E-state index in [2.05, 4.69) is 0 Å². The van der Waals surface area contributed by atoms with Crippen molar-refractivity contribution in [3.8, 4) is 0 Å². The minimum atomic E-state index is -0.689. The SMILES string of the molecule is O=C(O)CN1CC2(CCCCC2)C1. The van der Waals surface area contributed by atoms with Crippen molar-refractivity contribution >= 4 is 5.97 Å². The quantitative estimate of drug-likeness (QED) is 0.702. The van der Waals surface area contributed by atoms with Crippen molar-refractivity contribution in [2.75, 3.05) is 19.6 Å². The Morgan fingerprint density at radius 3 is 2.38 bits per heavy atom. The minimum Gasteiger partial charge on any atom is -0.480 e. The molecular weight excluding hydrogens is 166 g/mol. The molecule has 1 aliphatic carbocycles. The summed E-state index contributed by atoms with van der Waals surface area (Å²) in [5.74, 6) is -0.689. The summed E-state index contributed by atoms with van der Waals surface area (Å²) in [6.45, 7) is 2.29. The normalized spacial score (nSPS) is 27.1. The second-order valence-electron chi connectivity index (χ2n) is 4.60. The highest BCUT2D eigenvalue weighted by atomic mass is 16.4. The summed E-state index contributed by atoms with van der Waals surface area (Å²) in [6, 6.07) is 0. The smallest absolute Gasteiger partial charge is 0.317 e. The van der Waals surface area contributed by atoms with Gasteiger partial charge in [0.15, 0.2) is 0 Å². The highest BCUT2D eigenvalue weighted by Gasteiger charge is 2.43. The van der Waals surface area contributed by atoms with Crippen molar-refractivity contribution in [3.63, 3.8) is 0 Å². The average molecular weight is 183 g/mol. The van der Waals surface area contributed by atoms with E-state index in [1.165, 1.54) is 32.1 Å². The summed E-state index contributed by atoms with van der Waals surface area (Å²) in [5.41, 5.74) is 0.522. The van der Waals surface area contributed by atoms with Gasteiger partial charge in [-0.2, -0.15) is 0 Å². The van der Waals surface area contributed by atoms with Crippen LogP contribution in [0.15, 0.2) is 0 Å². The van der Waals surface area contributed by atoms with Crippen LogP contribution < -0.4 is 0 Å². The summed E-state index contributed by atoms with van der Waals surface area (Å²) < 4.78 is 0. The Labute approximate surface area is 78.7 Å². The maximum atomic E-state index is 10.4. The summed E-state index contributed by atoms with van der Waals surface area (Å²) >= 11 is 0. The van der Waals surface area contributed by atoms with Crippen molar-refractivity contribution in [1.29, 1.82) is 0 Å². The highest BCUT2D eigenvalue weighted by Crippen LogP contribution is 2.43. The fourth-order valence-corrected chi connectivity index (χ4v) is 2.82. The van der Waals surface area contributed by atoms with Crippen LogP contribution in [0.25, 0.3) is 0 Å². The van der Waals surface area contributed by atoms with Crippen molar-refractivity contribution in [2.24, 2.45) is 5.41 Å². The van der Waals surface area contributed by atoms with Gasteiger partial charge in [0.25, 0.3) is 0 Å². The first-order valence-corrected chi connectivity index (χ1v) is 5.14. The van der Waals surface area contributed by atoms with Crippen LogP contribution in [0.1, 0.15) is 32.1 Å². The summed E-state index contributed by atoms with van der Waals surface area (Å²) in [6.07, 6.45) is 6.72. The maximum Gasteiger partial charge on any atom is 0.317 e. The Kier molecular flexibility index (Phi) is 2.28. The minimum absolute atomic E-state index is 0.238. The number of carbonyl (C=O) groups is 1. The zero-order valence-electron chi connectivity index (χ0n) is 7.96. The number of likely N-dealkylation sites (tertiary alicyclic amines) is 1. The lowest BCUT2D eigenvalue weighted by atomic mass is 9.69. The van der Waals surface area contributed by atoms with Crippen molar-refractivity contribution in [1.82, 2.24) is 4.90 Å². The van der Waals surface area contributed by atoms with Crippen molar-refractivity contribution in [3.05, 3.63) is 0 Å². The van der Waals surface area contributed by atoms with Crippen LogP contribution >= 0.6 is 0 Å². The zero-order valence-corrected chi connectivity index (χ0v) is 7.96. The van der Waals surface area contributed by atoms with Gasteiger partial charge in [-0.1, -0.05) is 19.3 Å².